The zero-order chi connectivity index (χ0) is 14.1. The van der Waals surface area contributed by atoms with Crippen molar-refractivity contribution in [3.05, 3.63) is 23.8 Å². The molecule has 0 radical (unpaired) electrons. The van der Waals surface area contributed by atoms with Gasteiger partial charge in [0, 0.05) is 24.7 Å². The molecule has 0 aliphatic heterocycles. The summed E-state index contributed by atoms with van der Waals surface area (Å²) in [5, 5.41) is 3.15. The Bertz CT molecular complexity index is 365. The highest BCUT2D eigenvalue weighted by Crippen LogP contribution is 2.24. The van der Waals surface area contributed by atoms with Crippen molar-refractivity contribution >= 4 is 0 Å². The highest BCUT2D eigenvalue weighted by molar-refractivity contribution is 5.40. The van der Waals surface area contributed by atoms with Crippen molar-refractivity contribution in [2.24, 2.45) is 0 Å². The monoisotopic (exact) mass is 266 g/mol. The van der Waals surface area contributed by atoms with E-state index in [4.69, 9.17) is 9.47 Å². The summed E-state index contributed by atoms with van der Waals surface area (Å²) in [7, 11) is 3.61. The zero-order valence-electron chi connectivity index (χ0n) is 12.5. The molecule has 0 aliphatic rings. The van der Waals surface area contributed by atoms with Crippen molar-refractivity contribution in [2.45, 2.75) is 20.4 Å². The fraction of sp³-hybridized carbons (Fsp3) is 0.600. The average Bonchev–Trinajstić information content (AvgIpc) is 2.45. The second-order valence-corrected chi connectivity index (χ2v) is 4.38. The van der Waals surface area contributed by atoms with Gasteiger partial charge in [-0.25, -0.2) is 0 Å². The molecule has 0 unspecified atom stereocenters. The van der Waals surface area contributed by atoms with Gasteiger partial charge in [-0.3, -0.25) is 0 Å². The van der Waals surface area contributed by atoms with Gasteiger partial charge in [-0.2, -0.15) is 0 Å². The van der Waals surface area contributed by atoms with Gasteiger partial charge < -0.3 is 19.7 Å². The molecule has 1 aromatic rings. The standard InChI is InChI=1S/C15H26N2O2/c1-5-17(6-2)9-10-19-15-11-14(18-4)8-7-13(15)12-16-3/h7-8,11,16H,5-6,9-10,12H2,1-4H3. The summed E-state index contributed by atoms with van der Waals surface area (Å²) in [6.45, 7) is 8.89. The first-order chi connectivity index (χ1) is 9.24. The molecule has 0 saturated carbocycles. The molecule has 19 heavy (non-hydrogen) atoms. The van der Waals surface area contributed by atoms with Crippen LogP contribution >= 0.6 is 0 Å². The van der Waals surface area contributed by atoms with E-state index < -0.39 is 0 Å². The third-order valence-corrected chi connectivity index (χ3v) is 3.20. The summed E-state index contributed by atoms with van der Waals surface area (Å²) < 4.78 is 11.2. The van der Waals surface area contributed by atoms with Crippen molar-refractivity contribution < 1.29 is 9.47 Å². The van der Waals surface area contributed by atoms with Crippen molar-refractivity contribution in [3.8, 4) is 11.5 Å². The molecule has 0 saturated heterocycles. The maximum atomic E-state index is 5.90. The lowest BCUT2D eigenvalue weighted by Crippen LogP contribution is -2.28. The number of methoxy groups -OCH3 is 1. The van der Waals surface area contributed by atoms with E-state index in [2.05, 4.69) is 24.1 Å². The smallest absolute Gasteiger partial charge is 0.127 e. The molecule has 0 amide bonds. The zero-order valence-corrected chi connectivity index (χ0v) is 12.5. The minimum atomic E-state index is 0.700. The molecule has 108 valence electrons. The second kappa shape index (κ2) is 8.77. The van der Waals surface area contributed by atoms with E-state index in [0.29, 0.717) is 6.61 Å². The summed E-state index contributed by atoms with van der Waals surface area (Å²) in [6, 6.07) is 5.96. The van der Waals surface area contributed by atoms with Gasteiger partial charge in [0.1, 0.15) is 18.1 Å². The van der Waals surface area contributed by atoms with Crippen molar-refractivity contribution in [1.82, 2.24) is 10.2 Å². The summed E-state index contributed by atoms with van der Waals surface area (Å²) >= 11 is 0. The van der Waals surface area contributed by atoms with Crippen LogP contribution in [0.15, 0.2) is 18.2 Å². The Hall–Kier alpha value is -1.26. The first-order valence-corrected chi connectivity index (χ1v) is 6.91. The number of likely N-dealkylation sites (N-methyl/N-ethyl adjacent to an activating group) is 1. The molecule has 1 N–H and O–H groups in total. The Kier molecular flexibility index (Phi) is 7.30. The Balaban J connectivity index is 2.63. The number of hydrogen-bond donors (Lipinski definition) is 1. The van der Waals surface area contributed by atoms with Crippen LogP contribution in [0.25, 0.3) is 0 Å². The highest BCUT2D eigenvalue weighted by atomic mass is 16.5. The molecule has 0 heterocycles. The molecule has 4 nitrogen and oxygen atoms in total. The van der Waals surface area contributed by atoms with Crippen LogP contribution in [0.1, 0.15) is 19.4 Å². The van der Waals surface area contributed by atoms with Gasteiger partial charge in [0.25, 0.3) is 0 Å². The van der Waals surface area contributed by atoms with Crippen LogP contribution in [0.4, 0.5) is 0 Å². The summed E-state index contributed by atoms with van der Waals surface area (Å²) in [6.07, 6.45) is 0. The SMILES string of the molecule is CCN(CC)CCOc1cc(OC)ccc1CNC. The molecule has 0 bridgehead atoms. The van der Waals surface area contributed by atoms with Crippen LogP contribution in [-0.4, -0.2) is 45.3 Å². The van der Waals surface area contributed by atoms with E-state index in [-0.39, 0.29) is 0 Å². The van der Waals surface area contributed by atoms with Gasteiger partial charge in [0.05, 0.1) is 7.11 Å². The number of rotatable bonds is 9. The Morgan fingerprint density at radius 3 is 2.53 bits per heavy atom. The first kappa shape index (κ1) is 15.8. The molecule has 0 spiro atoms. The van der Waals surface area contributed by atoms with E-state index in [1.807, 2.05) is 25.2 Å². The molecular formula is C15H26N2O2. The number of nitrogens with one attached hydrogen (secondary N) is 1. The van der Waals surface area contributed by atoms with Crippen molar-refractivity contribution in [1.29, 1.82) is 0 Å². The third kappa shape index (κ3) is 5.09. The quantitative estimate of drug-likeness (QED) is 0.742. The van der Waals surface area contributed by atoms with E-state index >= 15 is 0 Å². The molecule has 1 aromatic carbocycles. The van der Waals surface area contributed by atoms with Crippen LogP contribution in [0.3, 0.4) is 0 Å². The average molecular weight is 266 g/mol. The van der Waals surface area contributed by atoms with Gasteiger partial charge in [-0.05, 0) is 26.2 Å². The Labute approximate surface area is 116 Å². The number of hydrogen-bond acceptors (Lipinski definition) is 4. The predicted molar refractivity (Wildman–Crippen MR) is 79.0 cm³/mol. The lowest BCUT2D eigenvalue weighted by atomic mass is 10.2. The van der Waals surface area contributed by atoms with Gasteiger partial charge in [0.15, 0.2) is 0 Å². The van der Waals surface area contributed by atoms with Crippen LogP contribution in [0.5, 0.6) is 11.5 Å². The van der Waals surface area contributed by atoms with E-state index in [1.165, 1.54) is 0 Å². The summed E-state index contributed by atoms with van der Waals surface area (Å²) in [4.78, 5) is 2.35. The highest BCUT2D eigenvalue weighted by Gasteiger charge is 2.06. The number of nitrogens with zero attached hydrogens (tertiary/aromatic N) is 1. The van der Waals surface area contributed by atoms with Gasteiger partial charge in [-0.15, -0.1) is 0 Å². The summed E-state index contributed by atoms with van der Waals surface area (Å²) in [5.41, 5.74) is 1.16. The lowest BCUT2D eigenvalue weighted by molar-refractivity contribution is 0.221. The fourth-order valence-electron chi connectivity index (χ4n) is 1.96. The van der Waals surface area contributed by atoms with Crippen LogP contribution < -0.4 is 14.8 Å². The topological polar surface area (TPSA) is 33.7 Å². The van der Waals surface area contributed by atoms with E-state index in [0.717, 1.165) is 43.2 Å². The molecule has 0 aromatic heterocycles. The first-order valence-electron chi connectivity index (χ1n) is 6.91. The maximum Gasteiger partial charge on any atom is 0.127 e. The normalized spacial score (nSPS) is 10.8. The molecule has 0 aliphatic carbocycles. The van der Waals surface area contributed by atoms with Crippen LogP contribution in [0.2, 0.25) is 0 Å². The lowest BCUT2D eigenvalue weighted by Gasteiger charge is -2.19. The second-order valence-electron chi connectivity index (χ2n) is 4.38. The number of benzene rings is 1. The minimum absolute atomic E-state index is 0.700. The molecular weight excluding hydrogens is 240 g/mol. The Morgan fingerprint density at radius 2 is 1.95 bits per heavy atom. The van der Waals surface area contributed by atoms with Crippen molar-refractivity contribution in [2.75, 3.05) is 40.4 Å². The van der Waals surface area contributed by atoms with Crippen molar-refractivity contribution in [3.63, 3.8) is 0 Å². The van der Waals surface area contributed by atoms with E-state index in [1.54, 1.807) is 7.11 Å². The van der Waals surface area contributed by atoms with Gasteiger partial charge >= 0.3 is 0 Å². The third-order valence-electron chi connectivity index (χ3n) is 3.20. The summed E-state index contributed by atoms with van der Waals surface area (Å²) in [5.74, 6) is 1.73. The van der Waals surface area contributed by atoms with Gasteiger partial charge in [-0.1, -0.05) is 19.9 Å². The maximum absolute atomic E-state index is 5.90. The van der Waals surface area contributed by atoms with Gasteiger partial charge in [0.2, 0.25) is 0 Å². The van der Waals surface area contributed by atoms with E-state index in [9.17, 15) is 0 Å². The molecule has 1 rings (SSSR count). The predicted octanol–water partition coefficient (Wildman–Crippen LogP) is 2.14. The number of ether oxygens (including phenoxy) is 2. The minimum Gasteiger partial charge on any atom is -0.497 e. The van der Waals surface area contributed by atoms with Crippen LogP contribution in [0, 0.1) is 0 Å². The van der Waals surface area contributed by atoms with Crippen LogP contribution in [-0.2, 0) is 6.54 Å². The molecule has 0 atom stereocenters. The largest absolute Gasteiger partial charge is 0.497 e. The Morgan fingerprint density at radius 1 is 1.21 bits per heavy atom. The fourth-order valence-corrected chi connectivity index (χ4v) is 1.96. The molecule has 4 heteroatoms. The molecule has 0 fully saturated rings.